The second-order valence-electron chi connectivity index (χ2n) is 3.18. The lowest BCUT2D eigenvalue weighted by atomic mass is 10.2. The van der Waals surface area contributed by atoms with Gasteiger partial charge in [-0.2, -0.15) is 0 Å². The minimum absolute atomic E-state index is 0.584. The fraction of sp³-hybridized carbons (Fsp3) is 0.222. The van der Waals surface area contributed by atoms with Crippen molar-refractivity contribution in [1.82, 2.24) is 15.0 Å². The smallest absolute Gasteiger partial charge is 0.314 e. The minimum atomic E-state index is -0.647. The number of hydrogen-bond donors (Lipinski definition) is 2. The Morgan fingerprint density at radius 1 is 1.14 bits per heavy atom. The number of aromatic amines is 2. The van der Waals surface area contributed by atoms with E-state index in [4.69, 9.17) is 0 Å². The van der Waals surface area contributed by atoms with Crippen LogP contribution in [0.2, 0.25) is 0 Å². The van der Waals surface area contributed by atoms with Crippen LogP contribution in [0.25, 0.3) is 11.0 Å². The average molecular weight is 191 g/mol. The Bertz CT molecular complexity index is 609. The first kappa shape index (κ1) is 8.68. The van der Waals surface area contributed by atoms with E-state index in [0.717, 1.165) is 5.69 Å². The standard InChI is InChI=1S/C9H9N3O2/c1-4-3-6-7(5(2)10-4)12-9(14)8(13)11-6/h3H,1-2H3,(H,11,13)(H,12,14). The molecule has 0 aromatic carbocycles. The summed E-state index contributed by atoms with van der Waals surface area (Å²) in [7, 11) is 0. The van der Waals surface area contributed by atoms with E-state index in [1.54, 1.807) is 13.0 Å². The van der Waals surface area contributed by atoms with Gasteiger partial charge in [-0.15, -0.1) is 0 Å². The summed E-state index contributed by atoms with van der Waals surface area (Å²) in [6.45, 7) is 3.61. The Morgan fingerprint density at radius 3 is 2.50 bits per heavy atom. The molecule has 2 N–H and O–H groups in total. The molecule has 0 aliphatic rings. The number of rotatable bonds is 0. The van der Waals surface area contributed by atoms with Crippen molar-refractivity contribution in [2.24, 2.45) is 0 Å². The largest absolute Gasteiger partial charge is 0.316 e. The molecule has 0 spiro atoms. The van der Waals surface area contributed by atoms with E-state index in [-0.39, 0.29) is 0 Å². The van der Waals surface area contributed by atoms with Gasteiger partial charge >= 0.3 is 11.1 Å². The highest BCUT2D eigenvalue weighted by Crippen LogP contribution is 2.09. The lowest BCUT2D eigenvalue weighted by Crippen LogP contribution is -2.29. The van der Waals surface area contributed by atoms with Gasteiger partial charge in [0.25, 0.3) is 0 Å². The molecule has 5 heteroatoms. The van der Waals surface area contributed by atoms with E-state index in [0.29, 0.717) is 16.7 Å². The van der Waals surface area contributed by atoms with Gasteiger partial charge < -0.3 is 9.97 Å². The molecular weight excluding hydrogens is 182 g/mol. The van der Waals surface area contributed by atoms with Crippen LogP contribution in [0, 0.1) is 13.8 Å². The molecule has 0 aliphatic heterocycles. The lowest BCUT2D eigenvalue weighted by molar-refractivity contribution is 1.08. The predicted octanol–water partition coefficient (Wildman–Crippen LogP) is 0.228. The summed E-state index contributed by atoms with van der Waals surface area (Å²) in [6.07, 6.45) is 0. The van der Waals surface area contributed by atoms with Gasteiger partial charge in [-0.25, -0.2) is 0 Å². The maximum atomic E-state index is 11.0. The van der Waals surface area contributed by atoms with Crippen LogP contribution in [0.15, 0.2) is 15.7 Å². The summed E-state index contributed by atoms with van der Waals surface area (Å²) in [5.74, 6) is 0. The summed E-state index contributed by atoms with van der Waals surface area (Å²) < 4.78 is 0. The summed E-state index contributed by atoms with van der Waals surface area (Å²) >= 11 is 0. The zero-order valence-electron chi connectivity index (χ0n) is 7.84. The molecule has 0 saturated heterocycles. The van der Waals surface area contributed by atoms with E-state index in [1.807, 2.05) is 6.92 Å². The van der Waals surface area contributed by atoms with Crippen LogP contribution in [0.3, 0.4) is 0 Å². The van der Waals surface area contributed by atoms with Gasteiger partial charge in [0.15, 0.2) is 0 Å². The fourth-order valence-corrected chi connectivity index (χ4v) is 1.43. The van der Waals surface area contributed by atoms with Crippen LogP contribution in [0.1, 0.15) is 11.4 Å². The van der Waals surface area contributed by atoms with Gasteiger partial charge in [-0.3, -0.25) is 14.6 Å². The fourth-order valence-electron chi connectivity index (χ4n) is 1.43. The first-order chi connectivity index (χ1) is 6.58. The van der Waals surface area contributed by atoms with Crippen molar-refractivity contribution >= 4 is 11.0 Å². The molecule has 0 bridgehead atoms. The van der Waals surface area contributed by atoms with Crippen molar-refractivity contribution in [1.29, 1.82) is 0 Å². The molecule has 14 heavy (non-hydrogen) atoms. The number of nitrogens with zero attached hydrogens (tertiary/aromatic N) is 1. The Hall–Kier alpha value is -1.91. The first-order valence-electron chi connectivity index (χ1n) is 4.18. The van der Waals surface area contributed by atoms with Crippen molar-refractivity contribution in [3.8, 4) is 0 Å². The second-order valence-corrected chi connectivity index (χ2v) is 3.18. The molecule has 0 radical (unpaired) electrons. The van der Waals surface area contributed by atoms with Crippen LogP contribution in [0.5, 0.6) is 0 Å². The first-order valence-corrected chi connectivity index (χ1v) is 4.18. The van der Waals surface area contributed by atoms with Crippen LogP contribution >= 0.6 is 0 Å². The van der Waals surface area contributed by atoms with Gasteiger partial charge in [-0.1, -0.05) is 0 Å². The van der Waals surface area contributed by atoms with E-state index in [1.165, 1.54) is 0 Å². The van der Waals surface area contributed by atoms with Crippen LogP contribution in [-0.4, -0.2) is 15.0 Å². The number of aryl methyl sites for hydroxylation is 2. The molecular formula is C9H9N3O2. The zero-order valence-corrected chi connectivity index (χ0v) is 7.84. The summed E-state index contributed by atoms with van der Waals surface area (Å²) in [4.78, 5) is 31.3. The molecule has 0 aliphatic carbocycles. The lowest BCUT2D eigenvalue weighted by Gasteiger charge is -2.01. The van der Waals surface area contributed by atoms with Gasteiger partial charge in [0.1, 0.15) is 0 Å². The second kappa shape index (κ2) is 2.80. The number of nitrogens with one attached hydrogen (secondary N) is 2. The van der Waals surface area contributed by atoms with Gasteiger partial charge in [0.2, 0.25) is 0 Å². The third-order valence-corrected chi connectivity index (χ3v) is 2.02. The molecule has 0 fully saturated rings. The maximum absolute atomic E-state index is 11.0. The zero-order chi connectivity index (χ0) is 10.3. The summed E-state index contributed by atoms with van der Waals surface area (Å²) in [5.41, 5.74) is 1.42. The summed E-state index contributed by atoms with van der Waals surface area (Å²) in [5, 5.41) is 0. The highest BCUT2D eigenvalue weighted by atomic mass is 16.2. The Labute approximate surface area is 78.8 Å². The van der Waals surface area contributed by atoms with Crippen molar-refractivity contribution in [3.05, 3.63) is 38.2 Å². The third-order valence-electron chi connectivity index (χ3n) is 2.02. The quantitative estimate of drug-likeness (QED) is 0.585. The van der Waals surface area contributed by atoms with Gasteiger partial charge in [0, 0.05) is 5.69 Å². The van der Waals surface area contributed by atoms with Crippen LogP contribution < -0.4 is 11.1 Å². The monoisotopic (exact) mass is 191 g/mol. The highest BCUT2D eigenvalue weighted by molar-refractivity contribution is 5.76. The Morgan fingerprint density at radius 2 is 1.79 bits per heavy atom. The average Bonchev–Trinajstić information content (AvgIpc) is 2.08. The van der Waals surface area contributed by atoms with Gasteiger partial charge in [0.05, 0.1) is 16.7 Å². The topological polar surface area (TPSA) is 78.6 Å². The molecule has 2 heterocycles. The minimum Gasteiger partial charge on any atom is -0.316 e. The van der Waals surface area contributed by atoms with E-state index >= 15 is 0 Å². The van der Waals surface area contributed by atoms with Crippen molar-refractivity contribution < 1.29 is 0 Å². The molecule has 0 saturated carbocycles. The van der Waals surface area contributed by atoms with Crippen LogP contribution in [-0.2, 0) is 0 Å². The molecule has 2 aromatic heterocycles. The third kappa shape index (κ3) is 1.22. The number of aromatic nitrogens is 3. The van der Waals surface area contributed by atoms with E-state index < -0.39 is 11.1 Å². The Balaban J connectivity index is 3.03. The SMILES string of the molecule is Cc1cc2[nH]c(=O)c(=O)[nH]c2c(C)n1. The normalized spacial score (nSPS) is 10.7. The number of H-pyrrole nitrogens is 2. The predicted molar refractivity (Wildman–Crippen MR) is 52.5 cm³/mol. The molecule has 5 nitrogen and oxygen atoms in total. The Kier molecular flexibility index (Phi) is 1.73. The number of pyridine rings is 1. The summed E-state index contributed by atoms with van der Waals surface area (Å²) in [6, 6.07) is 1.72. The van der Waals surface area contributed by atoms with Crippen molar-refractivity contribution in [3.63, 3.8) is 0 Å². The molecule has 2 rings (SSSR count). The highest BCUT2D eigenvalue weighted by Gasteiger charge is 2.03. The van der Waals surface area contributed by atoms with Gasteiger partial charge in [-0.05, 0) is 19.9 Å². The van der Waals surface area contributed by atoms with Crippen molar-refractivity contribution in [2.45, 2.75) is 13.8 Å². The number of hydrogen-bond acceptors (Lipinski definition) is 3. The maximum Gasteiger partial charge on any atom is 0.314 e. The molecule has 72 valence electrons. The number of fused-ring (bicyclic) bond motifs is 1. The molecule has 0 atom stereocenters. The van der Waals surface area contributed by atoms with Crippen LogP contribution in [0.4, 0.5) is 0 Å². The molecule has 0 amide bonds. The molecule has 2 aromatic rings. The van der Waals surface area contributed by atoms with E-state index in [2.05, 4.69) is 15.0 Å². The molecule has 0 unspecified atom stereocenters. The van der Waals surface area contributed by atoms with Crippen molar-refractivity contribution in [2.75, 3.05) is 0 Å². The van der Waals surface area contributed by atoms with E-state index in [9.17, 15) is 9.59 Å².